The first-order chi connectivity index (χ1) is 11.7. The SMILES string of the molecule is C[C@@H](CCc1ccccc1)NC(=O)Cc1nnc(-c2cccs2)o1. The minimum Gasteiger partial charge on any atom is -0.419 e. The van der Waals surface area contributed by atoms with E-state index in [9.17, 15) is 4.79 Å². The van der Waals surface area contributed by atoms with E-state index in [0.29, 0.717) is 11.8 Å². The summed E-state index contributed by atoms with van der Waals surface area (Å²) in [5.74, 6) is 0.702. The zero-order chi connectivity index (χ0) is 16.8. The predicted octanol–water partition coefficient (Wildman–Crippen LogP) is 3.48. The number of carbonyl (C=O) groups is 1. The molecule has 0 aliphatic carbocycles. The van der Waals surface area contributed by atoms with Crippen molar-refractivity contribution in [2.24, 2.45) is 0 Å². The summed E-state index contributed by atoms with van der Waals surface area (Å²) in [4.78, 5) is 13.0. The van der Waals surface area contributed by atoms with Gasteiger partial charge in [-0.3, -0.25) is 4.79 Å². The Morgan fingerprint density at radius 1 is 1.21 bits per heavy atom. The number of benzene rings is 1. The lowest BCUT2D eigenvalue weighted by Gasteiger charge is -2.13. The molecule has 2 heterocycles. The standard InChI is InChI=1S/C18H19N3O2S/c1-13(9-10-14-6-3-2-4-7-14)19-16(22)12-17-20-21-18(23-17)15-8-5-11-24-15/h2-8,11,13H,9-10,12H2,1H3,(H,19,22)/t13-/m0/s1. The smallest absolute Gasteiger partial charge is 0.257 e. The Morgan fingerprint density at radius 2 is 2.04 bits per heavy atom. The molecular weight excluding hydrogens is 322 g/mol. The van der Waals surface area contributed by atoms with Crippen LogP contribution in [0.15, 0.2) is 52.3 Å². The van der Waals surface area contributed by atoms with Gasteiger partial charge in [0.2, 0.25) is 11.8 Å². The summed E-state index contributed by atoms with van der Waals surface area (Å²) >= 11 is 1.53. The largest absolute Gasteiger partial charge is 0.419 e. The number of hydrogen-bond acceptors (Lipinski definition) is 5. The van der Waals surface area contributed by atoms with E-state index in [2.05, 4.69) is 27.6 Å². The molecule has 0 spiro atoms. The molecule has 0 saturated heterocycles. The van der Waals surface area contributed by atoms with Gasteiger partial charge in [0.15, 0.2) is 0 Å². The van der Waals surface area contributed by atoms with Gasteiger partial charge in [0, 0.05) is 6.04 Å². The highest BCUT2D eigenvalue weighted by Crippen LogP contribution is 2.22. The van der Waals surface area contributed by atoms with Gasteiger partial charge in [0.25, 0.3) is 5.89 Å². The van der Waals surface area contributed by atoms with Crippen molar-refractivity contribution in [3.05, 3.63) is 59.3 Å². The third-order valence-electron chi connectivity index (χ3n) is 3.63. The molecule has 0 bridgehead atoms. The molecule has 3 rings (SSSR count). The molecule has 0 aliphatic heterocycles. The summed E-state index contributed by atoms with van der Waals surface area (Å²) in [6, 6.07) is 14.2. The zero-order valence-electron chi connectivity index (χ0n) is 13.4. The Hall–Kier alpha value is -2.47. The maximum absolute atomic E-state index is 12.1. The average molecular weight is 341 g/mol. The van der Waals surface area contributed by atoms with E-state index in [1.165, 1.54) is 16.9 Å². The highest BCUT2D eigenvalue weighted by molar-refractivity contribution is 7.13. The maximum Gasteiger partial charge on any atom is 0.257 e. The second-order valence-corrected chi connectivity index (χ2v) is 6.60. The first-order valence-corrected chi connectivity index (χ1v) is 8.78. The van der Waals surface area contributed by atoms with E-state index in [4.69, 9.17) is 4.42 Å². The van der Waals surface area contributed by atoms with Crippen LogP contribution in [-0.2, 0) is 17.6 Å². The van der Waals surface area contributed by atoms with Gasteiger partial charge in [0.1, 0.15) is 6.42 Å². The zero-order valence-corrected chi connectivity index (χ0v) is 14.3. The highest BCUT2D eigenvalue weighted by atomic mass is 32.1. The van der Waals surface area contributed by atoms with E-state index in [1.807, 2.05) is 42.6 Å². The van der Waals surface area contributed by atoms with E-state index in [-0.39, 0.29) is 18.4 Å². The van der Waals surface area contributed by atoms with Crippen LogP contribution in [-0.4, -0.2) is 22.1 Å². The minimum absolute atomic E-state index is 0.0948. The summed E-state index contributed by atoms with van der Waals surface area (Å²) in [6.07, 6.45) is 1.93. The van der Waals surface area contributed by atoms with Crippen LogP contribution >= 0.6 is 11.3 Å². The van der Waals surface area contributed by atoms with Gasteiger partial charge in [-0.1, -0.05) is 36.4 Å². The lowest BCUT2D eigenvalue weighted by atomic mass is 10.1. The molecule has 0 aliphatic rings. The van der Waals surface area contributed by atoms with Crippen LogP contribution in [0.2, 0.25) is 0 Å². The molecule has 0 radical (unpaired) electrons. The van der Waals surface area contributed by atoms with E-state index >= 15 is 0 Å². The van der Waals surface area contributed by atoms with Gasteiger partial charge < -0.3 is 9.73 Å². The molecule has 0 unspecified atom stereocenters. The van der Waals surface area contributed by atoms with Crippen molar-refractivity contribution in [2.75, 3.05) is 0 Å². The molecule has 1 aromatic carbocycles. The molecule has 2 aromatic heterocycles. The van der Waals surface area contributed by atoms with Crippen LogP contribution in [0.25, 0.3) is 10.8 Å². The predicted molar refractivity (Wildman–Crippen MR) is 93.7 cm³/mol. The fourth-order valence-electron chi connectivity index (χ4n) is 2.39. The van der Waals surface area contributed by atoms with Crippen molar-refractivity contribution in [2.45, 2.75) is 32.2 Å². The topological polar surface area (TPSA) is 68.0 Å². The number of nitrogens with zero attached hydrogens (tertiary/aromatic N) is 2. The average Bonchev–Trinajstić information content (AvgIpc) is 3.25. The number of amides is 1. The summed E-state index contributed by atoms with van der Waals surface area (Å²) < 4.78 is 5.54. The second kappa shape index (κ2) is 7.88. The van der Waals surface area contributed by atoms with Crippen LogP contribution in [0.5, 0.6) is 0 Å². The summed E-state index contributed by atoms with van der Waals surface area (Å²) in [5.41, 5.74) is 1.27. The lowest BCUT2D eigenvalue weighted by Crippen LogP contribution is -2.34. The molecule has 6 heteroatoms. The third-order valence-corrected chi connectivity index (χ3v) is 4.48. The van der Waals surface area contributed by atoms with Gasteiger partial charge in [0.05, 0.1) is 4.88 Å². The monoisotopic (exact) mass is 341 g/mol. The Balaban J connectivity index is 1.47. The lowest BCUT2D eigenvalue weighted by molar-refractivity contribution is -0.121. The summed E-state index contributed by atoms with van der Waals surface area (Å²) in [5, 5.41) is 12.8. The molecule has 1 atom stereocenters. The molecule has 124 valence electrons. The van der Waals surface area contributed by atoms with Crippen molar-refractivity contribution < 1.29 is 9.21 Å². The molecule has 1 N–H and O–H groups in total. The third kappa shape index (κ3) is 4.52. The second-order valence-electron chi connectivity index (χ2n) is 5.65. The number of carbonyl (C=O) groups excluding carboxylic acids is 1. The van der Waals surface area contributed by atoms with Crippen LogP contribution in [0.4, 0.5) is 0 Å². The molecule has 1 amide bonds. The van der Waals surface area contributed by atoms with Gasteiger partial charge >= 0.3 is 0 Å². The fourth-order valence-corrected chi connectivity index (χ4v) is 3.03. The number of aryl methyl sites for hydroxylation is 1. The van der Waals surface area contributed by atoms with Crippen LogP contribution in [0.1, 0.15) is 24.8 Å². The van der Waals surface area contributed by atoms with E-state index in [0.717, 1.165) is 17.7 Å². The minimum atomic E-state index is -0.100. The molecule has 0 fully saturated rings. The summed E-state index contributed by atoms with van der Waals surface area (Å²) in [7, 11) is 0. The van der Waals surface area contributed by atoms with Crippen molar-refractivity contribution in [1.82, 2.24) is 15.5 Å². The first kappa shape index (κ1) is 16.4. The molecular formula is C18H19N3O2S. The van der Waals surface area contributed by atoms with Crippen LogP contribution < -0.4 is 5.32 Å². The maximum atomic E-state index is 12.1. The van der Waals surface area contributed by atoms with Crippen LogP contribution in [0.3, 0.4) is 0 Å². The van der Waals surface area contributed by atoms with Crippen molar-refractivity contribution >= 4 is 17.2 Å². The Labute approximate surface area is 144 Å². The van der Waals surface area contributed by atoms with Gasteiger partial charge in [-0.25, -0.2) is 0 Å². The number of thiophene rings is 1. The normalized spacial score (nSPS) is 12.0. The Morgan fingerprint density at radius 3 is 2.79 bits per heavy atom. The number of nitrogens with one attached hydrogen (secondary N) is 1. The van der Waals surface area contributed by atoms with Gasteiger partial charge in [-0.05, 0) is 36.8 Å². The Kier molecular flexibility index (Phi) is 5.38. The van der Waals surface area contributed by atoms with E-state index in [1.54, 1.807) is 0 Å². The molecule has 5 nitrogen and oxygen atoms in total. The van der Waals surface area contributed by atoms with Gasteiger partial charge in [-0.15, -0.1) is 21.5 Å². The quantitative estimate of drug-likeness (QED) is 0.714. The van der Waals surface area contributed by atoms with Crippen LogP contribution in [0, 0.1) is 0 Å². The molecule has 0 saturated carbocycles. The van der Waals surface area contributed by atoms with Crippen molar-refractivity contribution in [3.8, 4) is 10.8 Å². The summed E-state index contributed by atoms with van der Waals surface area (Å²) in [6.45, 7) is 2.01. The first-order valence-electron chi connectivity index (χ1n) is 7.90. The fraction of sp³-hybridized carbons (Fsp3) is 0.278. The van der Waals surface area contributed by atoms with Gasteiger partial charge in [-0.2, -0.15) is 0 Å². The van der Waals surface area contributed by atoms with Crippen molar-refractivity contribution in [1.29, 1.82) is 0 Å². The molecule has 24 heavy (non-hydrogen) atoms. The Bertz CT molecular complexity index is 769. The number of rotatable bonds is 7. The molecule has 3 aromatic rings. The number of aromatic nitrogens is 2. The van der Waals surface area contributed by atoms with E-state index < -0.39 is 0 Å². The number of hydrogen-bond donors (Lipinski definition) is 1. The highest BCUT2D eigenvalue weighted by Gasteiger charge is 2.14. The van der Waals surface area contributed by atoms with Crippen molar-refractivity contribution in [3.63, 3.8) is 0 Å².